The van der Waals surface area contributed by atoms with Gasteiger partial charge in [-0.25, -0.2) is 0 Å². The van der Waals surface area contributed by atoms with Crippen LogP contribution in [0.4, 0.5) is 11.4 Å². The van der Waals surface area contributed by atoms with Crippen molar-refractivity contribution in [3.63, 3.8) is 0 Å². The Bertz CT molecular complexity index is 912. The minimum absolute atomic E-state index is 0.269. The van der Waals surface area contributed by atoms with Gasteiger partial charge in [-0.15, -0.1) is 0 Å². The van der Waals surface area contributed by atoms with E-state index in [0.717, 1.165) is 25.1 Å². The molecule has 0 fully saturated rings. The molecule has 2 aromatic carbocycles. The van der Waals surface area contributed by atoms with Crippen molar-refractivity contribution in [2.75, 3.05) is 23.8 Å². The van der Waals surface area contributed by atoms with Gasteiger partial charge >= 0.3 is 0 Å². The number of para-hydroxylation sites is 3. The van der Waals surface area contributed by atoms with Gasteiger partial charge < -0.3 is 15.0 Å². The lowest BCUT2D eigenvalue weighted by Gasteiger charge is -2.19. The molecule has 0 aliphatic carbocycles. The highest BCUT2D eigenvalue weighted by Crippen LogP contribution is 2.29. The van der Waals surface area contributed by atoms with Gasteiger partial charge in [0.05, 0.1) is 5.69 Å². The summed E-state index contributed by atoms with van der Waals surface area (Å²) in [6.07, 6.45) is 3.89. The number of hydrogen-bond donors (Lipinski definition) is 1. The molecule has 0 unspecified atom stereocenters. The molecule has 28 heavy (non-hydrogen) atoms. The number of nitrogens with one attached hydrogen (secondary N) is 1. The van der Waals surface area contributed by atoms with Gasteiger partial charge in [0, 0.05) is 25.5 Å². The van der Waals surface area contributed by atoms with Crippen LogP contribution in [0.15, 0.2) is 72.9 Å². The zero-order chi connectivity index (χ0) is 19.8. The van der Waals surface area contributed by atoms with Crippen LogP contribution in [0.3, 0.4) is 0 Å². The van der Waals surface area contributed by atoms with Crippen molar-refractivity contribution >= 4 is 17.3 Å². The Kier molecular flexibility index (Phi) is 6.63. The van der Waals surface area contributed by atoms with E-state index in [9.17, 15) is 4.79 Å². The number of benzene rings is 2. The van der Waals surface area contributed by atoms with E-state index in [1.807, 2.05) is 73.8 Å². The Morgan fingerprint density at radius 1 is 1.07 bits per heavy atom. The first kappa shape index (κ1) is 19.4. The Morgan fingerprint density at radius 3 is 2.61 bits per heavy atom. The van der Waals surface area contributed by atoms with E-state index in [1.54, 1.807) is 6.20 Å². The van der Waals surface area contributed by atoms with Crippen molar-refractivity contribution in [2.24, 2.45) is 0 Å². The van der Waals surface area contributed by atoms with Crippen molar-refractivity contribution in [3.05, 3.63) is 78.6 Å². The molecule has 0 aliphatic rings. The fourth-order valence-electron chi connectivity index (χ4n) is 2.77. The number of aromatic nitrogens is 1. The number of unbranched alkanes of at least 4 members (excludes halogenated alkanes) is 1. The summed E-state index contributed by atoms with van der Waals surface area (Å²) < 4.78 is 5.91. The summed E-state index contributed by atoms with van der Waals surface area (Å²) in [5.41, 5.74) is 1.95. The molecule has 1 N–H and O–H groups in total. The molecule has 3 rings (SSSR count). The number of carbonyl (C=O) groups is 1. The minimum atomic E-state index is -0.269. The summed E-state index contributed by atoms with van der Waals surface area (Å²) in [7, 11) is 2.02. The average molecular weight is 375 g/mol. The molecule has 0 spiro atoms. The highest BCUT2D eigenvalue weighted by atomic mass is 16.5. The van der Waals surface area contributed by atoms with E-state index >= 15 is 0 Å². The molecule has 0 saturated heterocycles. The molecule has 0 aliphatic heterocycles. The first-order chi connectivity index (χ1) is 13.7. The van der Waals surface area contributed by atoms with Gasteiger partial charge in [0.2, 0.25) is 0 Å². The van der Waals surface area contributed by atoms with E-state index in [4.69, 9.17) is 4.74 Å². The molecule has 1 aromatic heterocycles. The van der Waals surface area contributed by atoms with Gasteiger partial charge in [-0.3, -0.25) is 9.78 Å². The van der Waals surface area contributed by atoms with Crippen LogP contribution in [0.25, 0.3) is 0 Å². The van der Waals surface area contributed by atoms with Crippen molar-refractivity contribution in [1.82, 2.24) is 4.98 Å². The summed E-state index contributed by atoms with van der Waals surface area (Å²) in [6.45, 7) is 3.10. The van der Waals surface area contributed by atoms with E-state index in [2.05, 4.69) is 22.1 Å². The van der Waals surface area contributed by atoms with Crippen LogP contribution in [-0.4, -0.2) is 24.5 Å². The molecule has 0 radical (unpaired) electrons. The number of carbonyl (C=O) groups excluding carboxylic acids is 1. The number of anilines is 2. The van der Waals surface area contributed by atoms with E-state index < -0.39 is 0 Å². The molecule has 1 amide bonds. The average Bonchev–Trinajstić information content (AvgIpc) is 2.74. The van der Waals surface area contributed by atoms with Crippen molar-refractivity contribution in [2.45, 2.75) is 19.8 Å². The summed E-state index contributed by atoms with van der Waals surface area (Å²) in [6, 6.07) is 20.6. The second-order valence-corrected chi connectivity index (χ2v) is 6.54. The maximum atomic E-state index is 12.8. The third-order valence-electron chi connectivity index (χ3n) is 4.37. The number of pyridine rings is 1. The number of amides is 1. The van der Waals surface area contributed by atoms with Crippen LogP contribution in [-0.2, 0) is 0 Å². The lowest BCUT2D eigenvalue weighted by Crippen LogP contribution is -2.20. The van der Waals surface area contributed by atoms with Crippen LogP contribution in [0.2, 0.25) is 0 Å². The van der Waals surface area contributed by atoms with Crippen LogP contribution in [0.1, 0.15) is 30.3 Å². The molecule has 5 heteroatoms. The van der Waals surface area contributed by atoms with Gasteiger partial charge in [-0.2, -0.15) is 0 Å². The Hall–Kier alpha value is -3.34. The highest BCUT2D eigenvalue weighted by Gasteiger charge is 2.13. The van der Waals surface area contributed by atoms with Crippen molar-refractivity contribution < 1.29 is 9.53 Å². The largest absolute Gasteiger partial charge is 0.455 e. The van der Waals surface area contributed by atoms with Gasteiger partial charge in [0.15, 0.2) is 5.75 Å². The van der Waals surface area contributed by atoms with Gasteiger partial charge in [-0.05, 0) is 42.8 Å². The highest BCUT2D eigenvalue weighted by molar-refractivity contribution is 6.04. The Balaban J connectivity index is 1.75. The quantitative estimate of drug-likeness (QED) is 0.576. The standard InChI is InChI=1S/C23H25N3O2/c1-3-4-16-26(2)18-14-15-24-21(17-18)23(27)25-20-12-8-9-13-22(20)28-19-10-6-5-7-11-19/h5-15,17H,3-4,16H2,1-2H3,(H,25,27). The second-order valence-electron chi connectivity index (χ2n) is 6.54. The zero-order valence-electron chi connectivity index (χ0n) is 16.3. The summed E-state index contributed by atoms with van der Waals surface area (Å²) in [5.74, 6) is 1.02. The van der Waals surface area contributed by atoms with E-state index in [0.29, 0.717) is 22.9 Å². The predicted molar refractivity (Wildman–Crippen MR) is 113 cm³/mol. The maximum Gasteiger partial charge on any atom is 0.274 e. The Morgan fingerprint density at radius 2 is 1.82 bits per heavy atom. The predicted octanol–water partition coefficient (Wildman–Crippen LogP) is 5.36. The third-order valence-corrected chi connectivity index (χ3v) is 4.37. The smallest absolute Gasteiger partial charge is 0.274 e. The summed E-state index contributed by atoms with van der Waals surface area (Å²) in [5, 5.41) is 2.91. The SMILES string of the molecule is CCCCN(C)c1ccnc(C(=O)Nc2ccccc2Oc2ccccc2)c1. The molecular weight excluding hydrogens is 350 g/mol. The maximum absolute atomic E-state index is 12.8. The molecular formula is C23H25N3O2. The minimum Gasteiger partial charge on any atom is -0.455 e. The van der Waals surface area contributed by atoms with E-state index in [1.165, 1.54) is 0 Å². The summed E-state index contributed by atoms with van der Waals surface area (Å²) in [4.78, 5) is 19.1. The molecule has 1 heterocycles. The molecule has 0 atom stereocenters. The monoisotopic (exact) mass is 375 g/mol. The molecule has 5 nitrogen and oxygen atoms in total. The Labute approximate surface area is 166 Å². The molecule has 3 aromatic rings. The lowest BCUT2D eigenvalue weighted by molar-refractivity contribution is 0.102. The molecule has 0 bridgehead atoms. The number of hydrogen-bond acceptors (Lipinski definition) is 4. The number of ether oxygens (including phenoxy) is 1. The number of rotatable bonds is 8. The van der Waals surface area contributed by atoms with Gasteiger partial charge in [0.25, 0.3) is 5.91 Å². The van der Waals surface area contributed by atoms with Crippen molar-refractivity contribution in [1.29, 1.82) is 0 Å². The normalized spacial score (nSPS) is 10.4. The van der Waals surface area contributed by atoms with Crippen molar-refractivity contribution in [3.8, 4) is 11.5 Å². The van der Waals surface area contributed by atoms with Crippen LogP contribution >= 0.6 is 0 Å². The van der Waals surface area contributed by atoms with Crippen LogP contribution in [0, 0.1) is 0 Å². The fourth-order valence-corrected chi connectivity index (χ4v) is 2.77. The van der Waals surface area contributed by atoms with Gasteiger partial charge in [-0.1, -0.05) is 43.7 Å². The second kappa shape index (κ2) is 9.55. The van der Waals surface area contributed by atoms with E-state index in [-0.39, 0.29) is 5.91 Å². The van der Waals surface area contributed by atoms with Crippen LogP contribution < -0.4 is 15.0 Å². The lowest BCUT2D eigenvalue weighted by atomic mass is 10.2. The first-order valence-corrected chi connectivity index (χ1v) is 9.48. The molecule has 144 valence electrons. The molecule has 0 saturated carbocycles. The third kappa shape index (κ3) is 5.10. The number of nitrogens with zero attached hydrogens (tertiary/aromatic N) is 2. The zero-order valence-corrected chi connectivity index (χ0v) is 16.3. The fraction of sp³-hybridized carbons (Fsp3) is 0.217. The topological polar surface area (TPSA) is 54.5 Å². The summed E-state index contributed by atoms with van der Waals surface area (Å²) >= 11 is 0. The first-order valence-electron chi connectivity index (χ1n) is 9.48. The van der Waals surface area contributed by atoms with Crippen LogP contribution in [0.5, 0.6) is 11.5 Å². The van der Waals surface area contributed by atoms with Gasteiger partial charge in [0.1, 0.15) is 11.4 Å².